The highest BCUT2D eigenvalue weighted by molar-refractivity contribution is 8.13. The van der Waals surface area contributed by atoms with Crippen LogP contribution in [0.25, 0.3) is 0 Å². The molecule has 0 unspecified atom stereocenters. The van der Waals surface area contributed by atoms with Crippen LogP contribution in [-0.4, -0.2) is 34.5 Å². The molecule has 0 saturated heterocycles. The molecule has 6 nitrogen and oxygen atoms in total. The molecule has 7 heteroatoms. The number of amides is 2. The van der Waals surface area contributed by atoms with E-state index in [1.165, 1.54) is 0 Å². The van der Waals surface area contributed by atoms with Gasteiger partial charge in [-0.2, -0.15) is 0 Å². The molecule has 0 spiro atoms. The topological polar surface area (TPSA) is 98.5 Å². The van der Waals surface area contributed by atoms with Crippen molar-refractivity contribution >= 4 is 28.9 Å². The van der Waals surface area contributed by atoms with E-state index < -0.39 is 23.6 Å². The van der Waals surface area contributed by atoms with Crippen molar-refractivity contribution in [3.63, 3.8) is 0 Å². The average molecular weight is 290 g/mol. The fourth-order valence-electron chi connectivity index (χ4n) is 1.31. The number of hydrogen-bond donors (Lipinski definition) is 2. The van der Waals surface area contributed by atoms with Crippen LogP contribution in [0.1, 0.15) is 40.5 Å². The van der Waals surface area contributed by atoms with Crippen LogP contribution in [0, 0.1) is 0 Å². The van der Waals surface area contributed by atoms with Crippen molar-refractivity contribution in [3.05, 3.63) is 0 Å². The van der Waals surface area contributed by atoms with Gasteiger partial charge in [0.05, 0.1) is 0 Å². The summed E-state index contributed by atoms with van der Waals surface area (Å²) in [6.45, 7) is 7.04. The minimum atomic E-state index is -0.659. The van der Waals surface area contributed by atoms with E-state index in [1.807, 2.05) is 6.92 Å². The summed E-state index contributed by atoms with van der Waals surface area (Å²) in [5.74, 6) is 0.0736. The third-order valence-electron chi connectivity index (χ3n) is 1.89. The largest absolute Gasteiger partial charge is 0.444 e. The number of alkyl carbamates (subject to hydrolysis) is 1. The van der Waals surface area contributed by atoms with Gasteiger partial charge in [0.25, 0.3) is 0 Å². The van der Waals surface area contributed by atoms with Gasteiger partial charge in [0.1, 0.15) is 5.60 Å². The summed E-state index contributed by atoms with van der Waals surface area (Å²) < 4.78 is 5.07. The van der Waals surface area contributed by atoms with Crippen molar-refractivity contribution in [1.29, 1.82) is 0 Å². The van der Waals surface area contributed by atoms with Gasteiger partial charge in [0.15, 0.2) is 5.12 Å². The fourth-order valence-corrected chi connectivity index (χ4v) is 1.95. The number of rotatable bonds is 6. The fraction of sp³-hybridized carbons (Fsp3) is 0.750. The first kappa shape index (κ1) is 17.8. The first-order valence-corrected chi connectivity index (χ1v) is 7.06. The van der Waals surface area contributed by atoms with Crippen molar-refractivity contribution in [2.45, 2.75) is 52.2 Å². The Kier molecular flexibility index (Phi) is 7.51. The lowest BCUT2D eigenvalue weighted by molar-refractivity contribution is -0.118. The Balaban J connectivity index is 4.46. The summed E-state index contributed by atoms with van der Waals surface area (Å²) in [6.07, 6.45) is -0.691. The van der Waals surface area contributed by atoms with E-state index in [-0.39, 0.29) is 18.0 Å². The number of primary amides is 1. The Morgan fingerprint density at radius 2 is 1.84 bits per heavy atom. The number of hydrogen-bond acceptors (Lipinski definition) is 5. The maximum atomic E-state index is 11.6. The quantitative estimate of drug-likeness (QED) is 0.771. The van der Waals surface area contributed by atoms with Gasteiger partial charge in [0, 0.05) is 18.9 Å². The maximum Gasteiger partial charge on any atom is 0.407 e. The van der Waals surface area contributed by atoms with Crippen LogP contribution in [0.2, 0.25) is 0 Å². The monoisotopic (exact) mass is 290 g/mol. The third-order valence-corrected chi connectivity index (χ3v) is 2.66. The van der Waals surface area contributed by atoms with Gasteiger partial charge < -0.3 is 15.8 Å². The van der Waals surface area contributed by atoms with E-state index in [9.17, 15) is 14.4 Å². The van der Waals surface area contributed by atoms with E-state index in [2.05, 4.69) is 5.32 Å². The predicted molar refractivity (Wildman–Crippen MR) is 74.7 cm³/mol. The van der Waals surface area contributed by atoms with Crippen LogP contribution >= 0.6 is 11.8 Å². The lowest BCUT2D eigenvalue weighted by Crippen LogP contribution is -2.42. The second-order valence-corrected chi connectivity index (χ2v) is 6.34. The smallest absolute Gasteiger partial charge is 0.407 e. The summed E-state index contributed by atoms with van der Waals surface area (Å²) in [7, 11) is 0. The zero-order valence-electron chi connectivity index (χ0n) is 11.8. The predicted octanol–water partition coefficient (Wildman–Crippen LogP) is 1.42. The molecule has 0 fully saturated rings. The Bertz CT molecular complexity index is 339. The lowest BCUT2D eigenvalue weighted by Gasteiger charge is -2.22. The molecule has 19 heavy (non-hydrogen) atoms. The van der Waals surface area contributed by atoms with Crippen LogP contribution in [-0.2, 0) is 14.3 Å². The van der Waals surface area contributed by atoms with Gasteiger partial charge in [-0.3, -0.25) is 9.59 Å². The molecular weight excluding hydrogens is 268 g/mol. The summed E-state index contributed by atoms with van der Waals surface area (Å²) in [6, 6.07) is -0.626. The second-order valence-electron chi connectivity index (χ2n) is 5.02. The zero-order valence-corrected chi connectivity index (χ0v) is 12.6. The molecular formula is C12H22N2O4S. The Labute approximate surface area is 117 Å². The Morgan fingerprint density at radius 1 is 1.26 bits per heavy atom. The number of nitrogens with two attached hydrogens (primary N) is 1. The van der Waals surface area contributed by atoms with Gasteiger partial charge in [-0.25, -0.2) is 4.79 Å². The molecule has 0 bridgehead atoms. The van der Waals surface area contributed by atoms with Crippen molar-refractivity contribution in [2.75, 3.05) is 5.75 Å². The van der Waals surface area contributed by atoms with Crippen LogP contribution in [0.15, 0.2) is 0 Å². The number of ether oxygens (including phenoxy) is 1. The van der Waals surface area contributed by atoms with E-state index >= 15 is 0 Å². The van der Waals surface area contributed by atoms with E-state index in [0.717, 1.165) is 11.8 Å². The number of carbonyl (C=O) groups excluding carboxylic acids is 3. The maximum absolute atomic E-state index is 11.6. The molecule has 0 aliphatic rings. The Morgan fingerprint density at radius 3 is 2.26 bits per heavy atom. The molecule has 0 aliphatic heterocycles. The van der Waals surface area contributed by atoms with E-state index in [1.54, 1.807) is 20.8 Å². The highest BCUT2D eigenvalue weighted by Crippen LogP contribution is 2.11. The molecule has 1 atom stereocenters. The van der Waals surface area contributed by atoms with Crippen LogP contribution in [0.5, 0.6) is 0 Å². The summed E-state index contributed by atoms with van der Waals surface area (Å²) in [5.41, 5.74) is 4.46. The number of thioether (sulfide) groups is 1. The normalized spacial score (nSPS) is 12.6. The molecule has 3 N–H and O–H groups in total. The molecule has 2 amide bonds. The van der Waals surface area contributed by atoms with Crippen molar-refractivity contribution in [3.8, 4) is 0 Å². The van der Waals surface area contributed by atoms with Gasteiger partial charge >= 0.3 is 6.09 Å². The Hall–Kier alpha value is -1.24. The molecule has 0 aromatic heterocycles. The summed E-state index contributed by atoms with van der Waals surface area (Å²) >= 11 is 1.14. The van der Waals surface area contributed by atoms with Crippen LogP contribution < -0.4 is 11.1 Å². The van der Waals surface area contributed by atoms with Crippen LogP contribution in [0.4, 0.5) is 4.79 Å². The molecule has 0 heterocycles. The number of nitrogens with one attached hydrogen (secondary N) is 1. The molecule has 110 valence electrons. The van der Waals surface area contributed by atoms with Crippen molar-refractivity contribution in [2.24, 2.45) is 5.73 Å². The highest BCUT2D eigenvalue weighted by atomic mass is 32.2. The highest BCUT2D eigenvalue weighted by Gasteiger charge is 2.22. The third kappa shape index (κ3) is 10.4. The summed E-state index contributed by atoms with van der Waals surface area (Å²) in [4.78, 5) is 34.0. The standard InChI is InChI=1S/C12H22N2O4S/c1-5-19-10(16)7-8(6-9(13)15)14-11(17)18-12(2,3)4/h8H,5-7H2,1-4H3,(H2,13,15)(H,14,17)/t8-/m0/s1. The molecule has 0 aromatic carbocycles. The minimum absolute atomic E-state index is 0.0562. The second kappa shape index (κ2) is 8.04. The average Bonchev–Trinajstić information content (AvgIpc) is 2.12. The lowest BCUT2D eigenvalue weighted by atomic mass is 10.1. The molecule has 0 aromatic rings. The van der Waals surface area contributed by atoms with E-state index in [4.69, 9.17) is 10.5 Å². The van der Waals surface area contributed by atoms with E-state index in [0.29, 0.717) is 5.75 Å². The molecule has 0 rings (SSSR count). The molecule has 0 saturated carbocycles. The molecule has 0 radical (unpaired) electrons. The van der Waals surface area contributed by atoms with Crippen LogP contribution in [0.3, 0.4) is 0 Å². The number of carbonyl (C=O) groups is 3. The zero-order chi connectivity index (χ0) is 15.1. The van der Waals surface area contributed by atoms with Crippen molar-refractivity contribution in [1.82, 2.24) is 5.32 Å². The molecule has 0 aliphatic carbocycles. The van der Waals surface area contributed by atoms with Gasteiger partial charge in [-0.15, -0.1) is 0 Å². The first-order chi connectivity index (χ1) is 8.64. The van der Waals surface area contributed by atoms with Gasteiger partial charge in [-0.1, -0.05) is 18.7 Å². The van der Waals surface area contributed by atoms with Gasteiger partial charge in [-0.05, 0) is 26.5 Å². The SMILES string of the molecule is CCSC(=O)C[C@H](CC(N)=O)NC(=O)OC(C)(C)C. The minimum Gasteiger partial charge on any atom is -0.444 e. The first-order valence-electron chi connectivity index (χ1n) is 6.07. The van der Waals surface area contributed by atoms with Crippen molar-refractivity contribution < 1.29 is 19.1 Å². The summed E-state index contributed by atoms with van der Waals surface area (Å²) in [5, 5.41) is 2.41. The van der Waals surface area contributed by atoms with Gasteiger partial charge in [0.2, 0.25) is 5.91 Å².